The van der Waals surface area contributed by atoms with Crippen molar-refractivity contribution in [3.05, 3.63) is 162 Å². The number of carbonyl (C=O) groups excluding carboxylic acids is 3. The highest BCUT2D eigenvalue weighted by Crippen LogP contribution is 2.41. The smallest absolute Gasteiger partial charge is 0.321 e. The molecule has 12 nitrogen and oxygen atoms in total. The molecule has 3 amide bonds. The minimum absolute atomic E-state index is 0. The predicted molar refractivity (Wildman–Crippen MR) is 319 cm³/mol. The van der Waals surface area contributed by atoms with Crippen LogP contribution >= 0.6 is 34.8 Å². The van der Waals surface area contributed by atoms with Gasteiger partial charge in [-0.15, -0.1) is 28.5 Å². The summed E-state index contributed by atoms with van der Waals surface area (Å²) in [5.41, 5.74) is 22.0. The quantitative estimate of drug-likeness (QED) is 0.0391. The summed E-state index contributed by atoms with van der Waals surface area (Å²) in [5, 5.41) is 20.6. The molecular formula is C61H77Cl3N8O4. The zero-order valence-corrected chi connectivity index (χ0v) is 44.3. The molecular weight excluding hydrogens is 1020 g/mol. The summed E-state index contributed by atoms with van der Waals surface area (Å²) >= 11 is 14.7. The molecule has 0 bridgehead atoms. The Bertz CT molecular complexity index is 2760. The standard InChI is InChI=1S/C28H31N5O2.C13H13N.C9H17N.C8H4ClNO2.CH2Cl2.2CH4.H2/c29-24-11-8-22(20-4-2-1-3-5-20)18-25(24)32-26(34)21-6-9-23(10-7-21)31-27(35)33-17-14-28(19-33)12-15-30-16-13-28;1-10-7-8-12(9-13(10)14)11-5-3-2-4-6-11;1-2-4-9(5-3-1)6-7-10-8-9;9-8(11)6-1-3-7(4-2-6)12-5-10;2-1-3;;;/h1-11,18,30H,12-17,19,29H2,(H,31,35)(H,32,34);2-9H,14H2,1H3;10H,1-8H2;1-4H;1H2;2*1H4;1H/i;;;;;;;1+1. The number of nitrogens with one attached hydrogen (secondary N) is 4. The first-order chi connectivity index (χ1) is 35.8. The Balaban J connectivity index is 0.000000305. The molecule has 406 valence electrons. The first-order valence-electron chi connectivity index (χ1n) is 25.1. The zero-order valence-electron chi connectivity index (χ0n) is 42.0. The van der Waals surface area contributed by atoms with E-state index in [0.717, 1.165) is 73.2 Å². The number of hydrogen-bond donors (Lipinski definition) is 6. The van der Waals surface area contributed by atoms with Crippen LogP contribution in [0.4, 0.5) is 27.5 Å². The van der Waals surface area contributed by atoms with Gasteiger partial charge >= 0.3 is 6.03 Å². The molecule has 10 rings (SSSR count). The lowest BCUT2D eigenvalue weighted by molar-refractivity contribution is 0.102. The van der Waals surface area contributed by atoms with Crippen LogP contribution in [0.25, 0.3) is 22.3 Å². The van der Waals surface area contributed by atoms with Crippen molar-refractivity contribution in [3.63, 3.8) is 0 Å². The number of rotatable bonds is 7. The van der Waals surface area contributed by atoms with Crippen LogP contribution in [0.5, 0.6) is 5.75 Å². The van der Waals surface area contributed by atoms with Crippen LogP contribution in [0, 0.1) is 29.3 Å². The van der Waals surface area contributed by atoms with Gasteiger partial charge < -0.3 is 42.4 Å². The number of anilines is 4. The Morgan fingerprint density at radius 1 is 0.658 bits per heavy atom. The van der Waals surface area contributed by atoms with Crippen LogP contribution < -0.4 is 37.5 Å². The van der Waals surface area contributed by atoms with Crippen LogP contribution in [-0.2, 0) is 0 Å². The van der Waals surface area contributed by atoms with Gasteiger partial charge in [-0.3, -0.25) is 9.59 Å². The van der Waals surface area contributed by atoms with Gasteiger partial charge in [-0.1, -0.05) is 113 Å². The third-order valence-corrected chi connectivity index (χ3v) is 14.3. The summed E-state index contributed by atoms with van der Waals surface area (Å²) in [6.07, 6.45) is 13.7. The number of alkyl halides is 2. The Labute approximate surface area is 467 Å². The Morgan fingerprint density at radius 3 is 1.76 bits per heavy atom. The number of urea groups is 1. The SMILES string of the molecule is C.C.C1CCC2(CC1)CCNC2.Cc1ccc(-c2ccccc2)cc1N.ClCCl.N#COc1ccc(C(=O)Cl)cc1.Nc1ccc(-c2ccccc2)cc1NC(=O)c1ccc(NC(=O)N2CCC3(CCNCC3)C2)cc1.[2HH]. The average molecular weight is 1090 g/mol. The molecule has 6 aromatic carbocycles. The van der Waals surface area contributed by atoms with Crippen LogP contribution in [0.15, 0.2) is 146 Å². The molecule has 0 unspecified atom stereocenters. The van der Waals surface area contributed by atoms with E-state index in [4.69, 9.17) is 51.5 Å². The van der Waals surface area contributed by atoms with Gasteiger partial charge in [0, 0.05) is 43.6 Å². The molecule has 3 heterocycles. The van der Waals surface area contributed by atoms with Gasteiger partial charge in [0.25, 0.3) is 17.4 Å². The van der Waals surface area contributed by atoms with Crippen molar-refractivity contribution in [2.75, 3.05) is 66.7 Å². The van der Waals surface area contributed by atoms with Crippen molar-refractivity contribution in [3.8, 4) is 34.3 Å². The second kappa shape index (κ2) is 31.5. The van der Waals surface area contributed by atoms with Crippen LogP contribution in [-0.4, -0.2) is 66.7 Å². The molecule has 0 radical (unpaired) electrons. The summed E-state index contributed by atoms with van der Waals surface area (Å²) in [4.78, 5) is 38.1. The number of ether oxygens (including phenoxy) is 1. The first kappa shape index (κ1) is 62.0. The molecule has 15 heteroatoms. The van der Waals surface area contributed by atoms with Gasteiger partial charge in [0.15, 0.2) is 0 Å². The van der Waals surface area contributed by atoms with Gasteiger partial charge in [0.05, 0.1) is 16.7 Å². The number of carbonyl (C=O) groups is 3. The fourth-order valence-corrected chi connectivity index (χ4v) is 9.86. The second-order valence-corrected chi connectivity index (χ2v) is 20.2. The third kappa shape index (κ3) is 18.6. The van der Waals surface area contributed by atoms with Gasteiger partial charge in [0.2, 0.25) is 0 Å². The highest BCUT2D eigenvalue weighted by molar-refractivity contribution is 6.67. The molecule has 4 fully saturated rings. The number of amides is 3. The van der Waals surface area contributed by atoms with Gasteiger partial charge in [-0.05, 0) is 182 Å². The highest BCUT2D eigenvalue weighted by Gasteiger charge is 2.40. The molecule has 4 aliphatic rings. The second-order valence-electron chi connectivity index (χ2n) is 19.1. The molecule has 1 saturated carbocycles. The number of hydrogen-bond acceptors (Lipinski definition) is 9. The number of aryl methyl sites for hydroxylation is 1. The molecule has 0 atom stereocenters. The Morgan fingerprint density at radius 2 is 1.21 bits per heavy atom. The molecule has 1 aliphatic carbocycles. The number of nitrogens with two attached hydrogens (primary N) is 2. The molecule has 6 aromatic rings. The van der Waals surface area contributed by atoms with E-state index >= 15 is 0 Å². The summed E-state index contributed by atoms with van der Waals surface area (Å²) in [7, 11) is 0. The number of nitrogen functional groups attached to an aromatic ring is 2. The summed E-state index contributed by atoms with van der Waals surface area (Å²) in [6, 6.07) is 44.8. The lowest BCUT2D eigenvalue weighted by atomic mass is 9.74. The van der Waals surface area contributed by atoms with Crippen molar-refractivity contribution in [2.45, 2.75) is 79.6 Å². The van der Waals surface area contributed by atoms with Crippen molar-refractivity contribution < 1.29 is 20.5 Å². The van der Waals surface area contributed by atoms with E-state index in [-0.39, 0.29) is 39.0 Å². The van der Waals surface area contributed by atoms with Crippen molar-refractivity contribution in [2.24, 2.45) is 10.8 Å². The van der Waals surface area contributed by atoms with Crippen LogP contribution in [0.3, 0.4) is 0 Å². The average Bonchev–Trinajstić information content (AvgIpc) is 4.06. The number of benzene rings is 6. The minimum Gasteiger partial charge on any atom is -0.398 e. The molecule has 76 heavy (non-hydrogen) atoms. The van der Waals surface area contributed by atoms with Crippen molar-refractivity contribution in [1.82, 2.24) is 15.5 Å². The topological polar surface area (TPSA) is 188 Å². The number of piperidine rings is 1. The maximum atomic E-state index is 12.9. The van der Waals surface area contributed by atoms with E-state index in [0.29, 0.717) is 33.9 Å². The van der Waals surface area contributed by atoms with E-state index in [1.54, 1.807) is 30.3 Å². The summed E-state index contributed by atoms with van der Waals surface area (Å²) in [5.74, 6) is 0.131. The minimum atomic E-state index is -0.529. The van der Waals surface area contributed by atoms with Crippen LogP contribution in [0.2, 0.25) is 0 Å². The first-order valence-corrected chi connectivity index (χ1v) is 26.5. The van der Waals surface area contributed by atoms with E-state index in [2.05, 4.69) is 50.3 Å². The fraction of sp³-hybridized carbons (Fsp3) is 0.344. The zero-order chi connectivity index (χ0) is 52.8. The molecule has 8 N–H and O–H groups in total. The lowest BCUT2D eigenvalue weighted by Crippen LogP contribution is -2.40. The summed E-state index contributed by atoms with van der Waals surface area (Å²) in [6.45, 7) is 8.26. The van der Waals surface area contributed by atoms with E-state index < -0.39 is 5.24 Å². The molecule has 2 spiro atoms. The maximum Gasteiger partial charge on any atom is 0.321 e. The molecule has 3 saturated heterocycles. The third-order valence-electron chi connectivity index (χ3n) is 14.1. The Kier molecular flexibility index (Phi) is 25.6. The van der Waals surface area contributed by atoms with E-state index in [1.807, 2.05) is 78.6 Å². The van der Waals surface area contributed by atoms with Gasteiger partial charge in [-0.2, -0.15) is 0 Å². The molecule has 3 aliphatic heterocycles. The van der Waals surface area contributed by atoms with Crippen molar-refractivity contribution in [1.29, 1.82) is 5.26 Å². The van der Waals surface area contributed by atoms with Crippen LogP contribution in [0.1, 0.15) is 100 Å². The molecule has 0 aromatic heterocycles. The predicted octanol–water partition coefficient (Wildman–Crippen LogP) is 14.8. The highest BCUT2D eigenvalue weighted by atomic mass is 35.5. The normalized spacial score (nSPS) is 15.3. The number of likely N-dealkylation sites (tertiary alicyclic amines) is 1. The number of nitriles is 1. The fourth-order valence-electron chi connectivity index (χ4n) is 9.73. The maximum absolute atomic E-state index is 12.9. The monoisotopic (exact) mass is 1090 g/mol. The lowest BCUT2D eigenvalue weighted by Gasteiger charge is -2.33. The number of nitrogens with zero attached hydrogens (tertiary/aromatic N) is 2. The van der Waals surface area contributed by atoms with Gasteiger partial charge in [0.1, 0.15) is 5.75 Å². The van der Waals surface area contributed by atoms with E-state index in [1.165, 1.54) is 93.3 Å². The largest absolute Gasteiger partial charge is 0.398 e. The summed E-state index contributed by atoms with van der Waals surface area (Å²) < 4.78 is 4.49. The Hall–Kier alpha value is -6.59. The number of halogens is 3. The van der Waals surface area contributed by atoms with Crippen molar-refractivity contribution >= 4 is 74.7 Å². The van der Waals surface area contributed by atoms with Gasteiger partial charge in [-0.25, -0.2) is 4.79 Å². The van der Waals surface area contributed by atoms with E-state index in [9.17, 15) is 14.4 Å².